The quantitative estimate of drug-likeness (QED) is 0.762. The predicted octanol–water partition coefficient (Wildman–Crippen LogP) is 3.72. The Bertz CT molecular complexity index is 755. The Morgan fingerprint density at radius 1 is 1.25 bits per heavy atom. The highest BCUT2D eigenvalue weighted by atomic mass is 35.5. The van der Waals surface area contributed by atoms with Gasteiger partial charge in [0, 0.05) is 40.7 Å². The average Bonchev–Trinajstić information content (AvgIpc) is 3.11. The average molecular weight is 365 g/mol. The van der Waals surface area contributed by atoms with Crippen molar-refractivity contribution in [3.8, 4) is 11.1 Å². The molecule has 0 unspecified atom stereocenters. The van der Waals surface area contributed by atoms with Crippen molar-refractivity contribution in [2.75, 3.05) is 19.6 Å². The second kappa shape index (κ2) is 6.39. The van der Waals surface area contributed by atoms with Crippen LogP contribution in [0.25, 0.3) is 11.1 Å². The molecule has 2 aromatic rings. The molecule has 3 aliphatic rings. The molecule has 1 atom stereocenters. The summed E-state index contributed by atoms with van der Waals surface area (Å²) in [5.41, 5.74) is 1.65. The number of hydrogen-bond donors (Lipinski definition) is 0. The standard InChI is InChI=1S/C17H18Cl2N4O/c18-15-4-2-1-3-14(15)13-9-20-22(10-13)17(24)23(19)16-11-21-7-5-12(16)6-8-21/h1-4,9-10,12,16H,5-8,11H2/t16-/m0/s1. The summed E-state index contributed by atoms with van der Waals surface area (Å²) in [6, 6.07) is 7.23. The van der Waals surface area contributed by atoms with Crippen LogP contribution >= 0.6 is 23.4 Å². The molecule has 0 radical (unpaired) electrons. The third-order valence-corrected chi connectivity index (χ3v) is 5.78. The van der Waals surface area contributed by atoms with Crippen LogP contribution in [-0.4, -0.2) is 50.8 Å². The molecular weight excluding hydrogens is 347 g/mol. The van der Waals surface area contributed by atoms with Gasteiger partial charge >= 0.3 is 6.03 Å². The molecule has 5 rings (SSSR count). The Kier molecular flexibility index (Phi) is 4.24. The van der Waals surface area contributed by atoms with E-state index in [0.29, 0.717) is 10.9 Å². The number of aromatic nitrogens is 2. The van der Waals surface area contributed by atoms with Gasteiger partial charge in [-0.3, -0.25) is 0 Å². The highest BCUT2D eigenvalue weighted by Gasteiger charge is 2.39. The molecule has 0 spiro atoms. The van der Waals surface area contributed by atoms with E-state index in [1.165, 1.54) is 9.10 Å². The van der Waals surface area contributed by atoms with Gasteiger partial charge in [0.05, 0.1) is 12.2 Å². The second-order valence-corrected chi connectivity index (χ2v) is 7.22. The number of fused-ring (bicyclic) bond motifs is 3. The maximum absolute atomic E-state index is 12.7. The van der Waals surface area contributed by atoms with Crippen LogP contribution in [0.3, 0.4) is 0 Å². The lowest BCUT2D eigenvalue weighted by atomic mass is 9.84. The van der Waals surface area contributed by atoms with Crippen LogP contribution in [0.15, 0.2) is 36.7 Å². The van der Waals surface area contributed by atoms with Crippen LogP contribution in [0.2, 0.25) is 5.02 Å². The summed E-state index contributed by atoms with van der Waals surface area (Å²) in [5, 5.41) is 4.81. The highest BCUT2D eigenvalue weighted by Crippen LogP contribution is 2.32. The molecule has 24 heavy (non-hydrogen) atoms. The zero-order chi connectivity index (χ0) is 16.7. The van der Waals surface area contributed by atoms with Crippen molar-refractivity contribution in [1.82, 2.24) is 19.1 Å². The monoisotopic (exact) mass is 364 g/mol. The number of benzene rings is 1. The Labute approximate surface area is 150 Å². The summed E-state index contributed by atoms with van der Waals surface area (Å²) in [7, 11) is 0. The van der Waals surface area contributed by atoms with Gasteiger partial charge in [-0.1, -0.05) is 29.8 Å². The topological polar surface area (TPSA) is 41.4 Å². The molecule has 5 nitrogen and oxygen atoms in total. The Morgan fingerprint density at radius 2 is 2.00 bits per heavy atom. The lowest BCUT2D eigenvalue weighted by Crippen LogP contribution is -2.56. The number of piperidine rings is 3. The number of hydrogen-bond acceptors (Lipinski definition) is 3. The molecule has 3 fully saturated rings. The van der Waals surface area contributed by atoms with E-state index in [-0.39, 0.29) is 12.1 Å². The van der Waals surface area contributed by atoms with E-state index in [9.17, 15) is 4.79 Å². The van der Waals surface area contributed by atoms with Crippen LogP contribution < -0.4 is 0 Å². The maximum atomic E-state index is 12.7. The van der Waals surface area contributed by atoms with Gasteiger partial charge in [-0.25, -0.2) is 9.21 Å². The second-order valence-electron chi connectivity index (χ2n) is 6.45. The summed E-state index contributed by atoms with van der Waals surface area (Å²) in [6.45, 7) is 3.07. The van der Waals surface area contributed by atoms with Crippen molar-refractivity contribution in [2.45, 2.75) is 18.9 Å². The molecule has 126 valence electrons. The molecule has 7 heteroatoms. The molecule has 4 heterocycles. The number of halogens is 2. The summed E-state index contributed by atoms with van der Waals surface area (Å²) in [6.07, 6.45) is 5.52. The lowest BCUT2D eigenvalue weighted by molar-refractivity contribution is 0.0491. The third kappa shape index (κ3) is 2.81. The van der Waals surface area contributed by atoms with Crippen LogP contribution in [-0.2, 0) is 0 Å². The fourth-order valence-corrected chi connectivity index (χ4v) is 4.24. The largest absolute Gasteiger partial charge is 0.359 e. The zero-order valence-electron chi connectivity index (χ0n) is 13.1. The smallest absolute Gasteiger partial charge is 0.301 e. The first-order valence-corrected chi connectivity index (χ1v) is 8.86. The molecule has 1 aromatic carbocycles. The first kappa shape index (κ1) is 15.9. The lowest BCUT2D eigenvalue weighted by Gasteiger charge is -2.46. The number of amides is 1. The van der Waals surface area contributed by atoms with E-state index < -0.39 is 0 Å². The highest BCUT2D eigenvalue weighted by molar-refractivity contribution is 6.33. The van der Waals surface area contributed by atoms with Crippen LogP contribution in [0.1, 0.15) is 12.8 Å². The van der Waals surface area contributed by atoms with Crippen molar-refractivity contribution in [1.29, 1.82) is 0 Å². The molecule has 0 N–H and O–H groups in total. The van der Waals surface area contributed by atoms with Crippen LogP contribution in [0.5, 0.6) is 0 Å². The van der Waals surface area contributed by atoms with Gasteiger partial charge in [0.15, 0.2) is 0 Å². The number of nitrogens with zero attached hydrogens (tertiary/aromatic N) is 4. The minimum atomic E-state index is -0.311. The minimum absolute atomic E-state index is 0.0506. The van der Waals surface area contributed by atoms with Crippen molar-refractivity contribution in [3.05, 3.63) is 41.7 Å². The fourth-order valence-electron chi connectivity index (χ4n) is 3.69. The first-order valence-electron chi connectivity index (χ1n) is 8.15. The number of carbonyl (C=O) groups excluding carboxylic acids is 1. The maximum Gasteiger partial charge on any atom is 0.359 e. The Morgan fingerprint density at radius 3 is 2.67 bits per heavy atom. The van der Waals surface area contributed by atoms with Crippen LogP contribution in [0, 0.1) is 5.92 Å². The molecule has 3 saturated heterocycles. The van der Waals surface area contributed by atoms with E-state index in [4.69, 9.17) is 23.4 Å². The van der Waals surface area contributed by atoms with Crippen molar-refractivity contribution in [2.24, 2.45) is 5.92 Å². The molecular formula is C17H18Cl2N4O. The van der Waals surface area contributed by atoms with Crippen molar-refractivity contribution in [3.63, 3.8) is 0 Å². The summed E-state index contributed by atoms with van der Waals surface area (Å²) in [5.74, 6) is 0.482. The van der Waals surface area contributed by atoms with Gasteiger partial charge in [-0.15, -0.1) is 0 Å². The zero-order valence-corrected chi connectivity index (χ0v) is 14.6. The molecule has 2 bridgehead atoms. The van der Waals surface area contributed by atoms with Gasteiger partial charge in [0.2, 0.25) is 0 Å². The fraction of sp³-hybridized carbons (Fsp3) is 0.412. The van der Waals surface area contributed by atoms with Crippen molar-refractivity contribution >= 4 is 29.4 Å². The summed E-state index contributed by atoms with van der Waals surface area (Å²) in [4.78, 5) is 15.1. The number of carbonyl (C=O) groups is 1. The van der Waals surface area contributed by atoms with Gasteiger partial charge in [-0.2, -0.15) is 9.78 Å². The van der Waals surface area contributed by atoms with Crippen LogP contribution in [0.4, 0.5) is 4.79 Å². The molecule has 1 aromatic heterocycles. The minimum Gasteiger partial charge on any atom is -0.301 e. The van der Waals surface area contributed by atoms with Gasteiger partial charge < -0.3 is 4.90 Å². The van der Waals surface area contributed by atoms with Gasteiger partial charge in [-0.05, 0) is 37.9 Å². The van der Waals surface area contributed by atoms with Gasteiger partial charge in [0.25, 0.3) is 0 Å². The normalized spacial score (nSPS) is 25.7. The predicted molar refractivity (Wildman–Crippen MR) is 94.1 cm³/mol. The van der Waals surface area contributed by atoms with E-state index in [2.05, 4.69) is 10.00 Å². The molecule has 0 saturated carbocycles. The van der Waals surface area contributed by atoms with E-state index >= 15 is 0 Å². The van der Waals surface area contributed by atoms with E-state index in [1.54, 1.807) is 12.4 Å². The van der Waals surface area contributed by atoms with Gasteiger partial charge in [0.1, 0.15) is 0 Å². The summed E-state index contributed by atoms with van der Waals surface area (Å²) >= 11 is 12.6. The van der Waals surface area contributed by atoms with Crippen molar-refractivity contribution < 1.29 is 4.79 Å². The summed E-state index contributed by atoms with van der Waals surface area (Å²) < 4.78 is 2.63. The SMILES string of the molecule is O=C(N(Cl)[C@H]1CN2CCC1CC2)n1cc(-c2ccccc2Cl)cn1. The van der Waals surface area contributed by atoms with E-state index in [0.717, 1.165) is 43.6 Å². The third-order valence-electron chi connectivity index (χ3n) is 5.06. The first-order chi connectivity index (χ1) is 11.6. The Hall–Kier alpha value is -1.56. The molecule has 1 amide bonds. The Balaban J connectivity index is 1.54. The van der Waals surface area contributed by atoms with E-state index in [1.807, 2.05) is 24.3 Å². The number of rotatable bonds is 2. The molecule has 0 aliphatic carbocycles. The molecule has 3 aliphatic heterocycles.